The maximum atomic E-state index is 11.4. The molecule has 2 heterocycles. The molecule has 0 amide bonds. The molecule has 0 radical (unpaired) electrons. The van der Waals surface area contributed by atoms with E-state index in [0.717, 1.165) is 12.0 Å². The molecule has 0 bridgehead atoms. The van der Waals surface area contributed by atoms with Gasteiger partial charge in [-0.05, 0) is 24.6 Å². The van der Waals surface area contributed by atoms with E-state index in [2.05, 4.69) is 5.10 Å². The maximum absolute atomic E-state index is 11.4. The first kappa shape index (κ1) is 13.0. The van der Waals surface area contributed by atoms with Crippen LogP contribution in [0, 0.1) is 0 Å². The smallest absolute Gasteiger partial charge is 0.357 e. The van der Waals surface area contributed by atoms with Gasteiger partial charge in [-0.1, -0.05) is 23.7 Å². The van der Waals surface area contributed by atoms with Crippen LogP contribution >= 0.6 is 11.6 Å². The van der Waals surface area contributed by atoms with Crippen molar-refractivity contribution in [2.45, 2.75) is 19.4 Å². The predicted molar refractivity (Wildman–Crippen MR) is 74.5 cm³/mol. The summed E-state index contributed by atoms with van der Waals surface area (Å²) in [7, 11) is 0. The lowest BCUT2D eigenvalue weighted by atomic mass is 10.1. The van der Waals surface area contributed by atoms with Crippen molar-refractivity contribution in [2.75, 3.05) is 6.61 Å². The molecule has 1 aromatic carbocycles. The molecule has 3 rings (SSSR count). The van der Waals surface area contributed by atoms with Crippen LogP contribution in [0.3, 0.4) is 0 Å². The van der Waals surface area contributed by atoms with Crippen molar-refractivity contribution in [1.29, 1.82) is 0 Å². The van der Waals surface area contributed by atoms with Gasteiger partial charge in [0.15, 0.2) is 5.69 Å². The van der Waals surface area contributed by atoms with Gasteiger partial charge in [-0.2, -0.15) is 5.10 Å². The van der Waals surface area contributed by atoms with E-state index in [1.54, 1.807) is 28.9 Å². The number of nitrogens with zero attached hydrogens (tertiary/aromatic N) is 2. The molecule has 0 saturated heterocycles. The molecule has 6 heteroatoms. The molecule has 1 atom stereocenters. The molecule has 0 fully saturated rings. The number of halogens is 1. The molecule has 20 heavy (non-hydrogen) atoms. The maximum Gasteiger partial charge on any atom is 0.357 e. The van der Waals surface area contributed by atoms with Gasteiger partial charge in [-0.15, -0.1) is 0 Å². The summed E-state index contributed by atoms with van der Waals surface area (Å²) < 4.78 is 7.29. The van der Waals surface area contributed by atoms with Crippen molar-refractivity contribution >= 4 is 17.6 Å². The molecule has 2 aromatic rings. The molecule has 5 nitrogen and oxygen atoms in total. The molecule has 1 aliphatic heterocycles. The Morgan fingerprint density at radius 3 is 2.80 bits per heavy atom. The zero-order chi connectivity index (χ0) is 14.3. The number of fused-ring (bicyclic) bond motifs is 1. The van der Waals surface area contributed by atoms with Crippen molar-refractivity contribution in [3.05, 3.63) is 35.0 Å². The summed E-state index contributed by atoms with van der Waals surface area (Å²) in [5.74, 6) is -0.545. The van der Waals surface area contributed by atoms with Gasteiger partial charge in [0.05, 0.1) is 18.2 Å². The van der Waals surface area contributed by atoms with Gasteiger partial charge in [0, 0.05) is 11.4 Å². The van der Waals surface area contributed by atoms with Gasteiger partial charge >= 0.3 is 5.97 Å². The molecule has 1 N–H and O–H groups in total. The van der Waals surface area contributed by atoms with E-state index in [4.69, 9.17) is 16.3 Å². The third-order valence-corrected chi connectivity index (χ3v) is 3.65. The fourth-order valence-electron chi connectivity index (χ4n) is 2.33. The minimum absolute atomic E-state index is 0.0103. The Kier molecular flexibility index (Phi) is 3.14. The van der Waals surface area contributed by atoms with E-state index in [1.807, 2.05) is 6.92 Å². The van der Waals surface area contributed by atoms with Crippen molar-refractivity contribution < 1.29 is 14.6 Å². The van der Waals surface area contributed by atoms with E-state index >= 15 is 0 Å². The molecule has 0 spiro atoms. The number of aromatic carboxylic acids is 1. The van der Waals surface area contributed by atoms with Gasteiger partial charge in [-0.25, -0.2) is 9.48 Å². The van der Waals surface area contributed by atoms with Crippen LogP contribution in [0.2, 0.25) is 5.02 Å². The van der Waals surface area contributed by atoms with Gasteiger partial charge in [0.25, 0.3) is 0 Å². The number of rotatable bonds is 2. The van der Waals surface area contributed by atoms with Crippen LogP contribution in [-0.2, 0) is 0 Å². The fourth-order valence-corrected chi connectivity index (χ4v) is 2.46. The van der Waals surface area contributed by atoms with Gasteiger partial charge in [0.2, 0.25) is 5.88 Å². The lowest BCUT2D eigenvalue weighted by molar-refractivity contribution is 0.0690. The zero-order valence-corrected chi connectivity index (χ0v) is 11.6. The normalized spacial score (nSPS) is 17.4. The van der Waals surface area contributed by atoms with Gasteiger partial charge in [0.1, 0.15) is 0 Å². The van der Waals surface area contributed by atoms with Crippen molar-refractivity contribution in [3.63, 3.8) is 0 Å². The molecule has 1 unspecified atom stereocenters. The van der Waals surface area contributed by atoms with Crippen LogP contribution in [0.25, 0.3) is 11.1 Å². The summed E-state index contributed by atoms with van der Waals surface area (Å²) in [5.41, 5.74) is 1.26. The molecule has 0 saturated carbocycles. The predicted octanol–water partition coefficient (Wildman–Crippen LogP) is 3.25. The average Bonchev–Trinajstić information content (AvgIpc) is 2.81. The zero-order valence-electron chi connectivity index (χ0n) is 10.8. The highest BCUT2D eigenvalue weighted by atomic mass is 35.5. The topological polar surface area (TPSA) is 64.3 Å². The van der Waals surface area contributed by atoms with E-state index < -0.39 is 5.97 Å². The minimum atomic E-state index is -1.06. The van der Waals surface area contributed by atoms with E-state index in [9.17, 15) is 9.90 Å². The van der Waals surface area contributed by atoms with Crippen molar-refractivity contribution in [2.24, 2.45) is 0 Å². The Bertz CT molecular complexity index is 664. The fraction of sp³-hybridized carbons (Fsp3) is 0.286. The summed E-state index contributed by atoms with van der Waals surface area (Å²) in [6.07, 6.45) is 0.813. The van der Waals surface area contributed by atoms with E-state index in [-0.39, 0.29) is 11.7 Å². The number of carboxylic acids is 1. The third-order valence-electron chi connectivity index (χ3n) is 3.39. The monoisotopic (exact) mass is 292 g/mol. The van der Waals surface area contributed by atoms with Gasteiger partial charge in [-0.3, -0.25) is 0 Å². The van der Waals surface area contributed by atoms with Crippen LogP contribution in [0.1, 0.15) is 29.9 Å². The molecule has 1 aliphatic rings. The number of carbonyl (C=O) groups is 1. The summed E-state index contributed by atoms with van der Waals surface area (Å²) in [6, 6.07) is 7.11. The summed E-state index contributed by atoms with van der Waals surface area (Å²) >= 11 is 5.87. The largest absolute Gasteiger partial charge is 0.477 e. The molecule has 104 valence electrons. The summed E-state index contributed by atoms with van der Waals surface area (Å²) in [6.45, 7) is 2.56. The van der Waals surface area contributed by atoms with Crippen LogP contribution in [0.15, 0.2) is 24.3 Å². The van der Waals surface area contributed by atoms with Crippen LogP contribution in [0.5, 0.6) is 5.88 Å². The molecular weight excluding hydrogens is 280 g/mol. The Morgan fingerprint density at radius 1 is 1.45 bits per heavy atom. The Labute approximate surface area is 120 Å². The Hall–Kier alpha value is -2.01. The number of benzene rings is 1. The summed E-state index contributed by atoms with van der Waals surface area (Å²) in [4.78, 5) is 11.4. The first-order valence-electron chi connectivity index (χ1n) is 6.32. The third kappa shape index (κ3) is 2.04. The quantitative estimate of drug-likeness (QED) is 0.923. The highest BCUT2D eigenvalue weighted by Crippen LogP contribution is 2.38. The second-order valence-electron chi connectivity index (χ2n) is 4.77. The standard InChI is InChI=1S/C14H13ClN2O3/c1-8-6-7-20-13-11(9-2-4-10(15)5-3-9)12(14(18)19)16-17(8)13/h2-5,8H,6-7H2,1H3,(H,18,19). The molecule has 0 aliphatic carbocycles. The first-order chi connectivity index (χ1) is 9.58. The van der Waals surface area contributed by atoms with Crippen molar-refractivity contribution in [1.82, 2.24) is 9.78 Å². The molecule has 1 aromatic heterocycles. The van der Waals surface area contributed by atoms with E-state index in [1.165, 1.54) is 0 Å². The van der Waals surface area contributed by atoms with Crippen LogP contribution < -0.4 is 4.74 Å². The Balaban J connectivity index is 2.22. The molecular formula is C14H13ClN2O3. The van der Waals surface area contributed by atoms with Crippen molar-refractivity contribution in [3.8, 4) is 17.0 Å². The lowest BCUT2D eigenvalue weighted by Gasteiger charge is -2.22. The minimum Gasteiger partial charge on any atom is -0.477 e. The second kappa shape index (κ2) is 4.83. The number of hydrogen-bond donors (Lipinski definition) is 1. The number of carboxylic acid groups (broad SMARTS) is 1. The van der Waals surface area contributed by atoms with Crippen LogP contribution in [-0.4, -0.2) is 27.5 Å². The SMILES string of the molecule is CC1CCOc2c(-c3ccc(Cl)cc3)c(C(=O)O)nn21. The van der Waals surface area contributed by atoms with Gasteiger partial charge < -0.3 is 9.84 Å². The van der Waals surface area contributed by atoms with Crippen LogP contribution in [0.4, 0.5) is 0 Å². The lowest BCUT2D eigenvalue weighted by Crippen LogP contribution is -2.19. The highest BCUT2D eigenvalue weighted by Gasteiger charge is 2.29. The summed E-state index contributed by atoms with van der Waals surface area (Å²) in [5, 5.41) is 14.1. The second-order valence-corrected chi connectivity index (χ2v) is 5.21. The highest BCUT2D eigenvalue weighted by molar-refractivity contribution is 6.30. The number of ether oxygens (including phenoxy) is 1. The number of aromatic nitrogens is 2. The number of hydrogen-bond acceptors (Lipinski definition) is 3. The first-order valence-corrected chi connectivity index (χ1v) is 6.70. The average molecular weight is 293 g/mol. The van der Waals surface area contributed by atoms with E-state index in [0.29, 0.717) is 23.1 Å². The Morgan fingerprint density at radius 2 is 2.15 bits per heavy atom.